The number of nitrogens with one attached hydrogen (secondary N) is 1. The number of hydrogen-bond acceptors (Lipinski definition) is 4. The number of carbonyl (C=O) groups is 3. The molecule has 4 atom stereocenters. The van der Waals surface area contributed by atoms with E-state index in [1.807, 2.05) is 12.2 Å². The first-order valence-electron chi connectivity index (χ1n) is 9.43. The second-order valence-corrected chi connectivity index (χ2v) is 7.83. The number of ether oxygens (including phenoxy) is 1. The van der Waals surface area contributed by atoms with Gasteiger partial charge in [-0.2, -0.15) is 0 Å². The molecule has 1 aromatic rings. The largest absolute Gasteiger partial charge is 0.360 e. The van der Waals surface area contributed by atoms with Crippen LogP contribution in [0.5, 0.6) is 0 Å². The summed E-state index contributed by atoms with van der Waals surface area (Å²) in [7, 11) is 0. The third-order valence-corrected chi connectivity index (χ3v) is 6.10. The van der Waals surface area contributed by atoms with E-state index in [4.69, 9.17) is 4.74 Å². The summed E-state index contributed by atoms with van der Waals surface area (Å²) in [6.07, 6.45) is 3.33. The number of nitrogens with zero attached hydrogens (tertiary/aromatic N) is 2. The van der Waals surface area contributed by atoms with Crippen molar-refractivity contribution in [2.75, 3.05) is 26.2 Å². The minimum Gasteiger partial charge on any atom is -0.360 e. The number of amides is 3. The van der Waals surface area contributed by atoms with Crippen molar-refractivity contribution < 1.29 is 23.5 Å². The summed E-state index contributed by atoms with van der Waals surface area (Å²) >= 11 is 0. The standard InChI is InChI=1S/C20H20FN3O4/c21-13-3-1-12(2-4-13)9-24-11-20-6-5-14(28-20)16(17(20)19(24)27)18(26)23-8-7-22-15(25)10-23/h1-6,14,16-17H,7-11H2,(H,22,25)/t14-,16+,17-,20-/m0/s1. The minimum atomic E-state index is -0.792. The SMILES string of the molecule is O=C1CN(C(=O)[C@@H]2[C@@H]3C=C[C@@]4(CN(Cc5ccc(F)cc5)C(=O)[C@H]24)O3)CCN1. The zero-order valence-electron chi connectivity index (χ0n) is 15.1. The normalized spacial score (nSPS) is 33.4. The van der Waals surface area contributed by atoms with Crippen LogP contribution in [0.2, 0.25) is 0 Å². The number of benzene rings is 1. The number of likely N-dealkylation sites (tertiary alicyclic amines) is 1. The lowest BCUT2D eigenvalue weighted by Gasteiger charge is -2.32. The molecule has 4 aliphatic heterocycles. The van der Waals surface area contributed by atoms with Gasteiger partial charge in [0, 0.05) is 19.6 Å². The van der Waals surface area contributed by atoms with Crippen LogP contribution in [0.25, 0.3) is 0 Å². The molecule has 28 heavy (non-hydrogen) atoms. The molecule has 8 heteroatoms. The molecule has 7 nitrogen and oxygen atoms in total. The van der Waals surface area contributed by atoms with Crippen molar-refractivity contribution >= 4 is 17.7 Å². The van der Waals surface area contributed by atoms with E-state index in [9.17, 15) is 18.8 Å². The highest BCUT2D eigenvalue weighted by Crippen LogP contribution is 2.52. The fraction of sp³-hybridized carbons (Fsp3) is 0.450. The van der Waals surface area contributed by atoms with E-state index in [1.54, 1.807) is 17.0 Å². The minimum absolute atomic E-state index is 0.0129. The smallest absolute Gasteiger partial charge is 0.239 e. The number of fused-ring (bicyclic) bond motifs is 1. The number of hydrogen-bond donors (Lipinski definition) is 1. The average molecular weight is 385 g/mol. The molecule has 1 N–H and O–H groups in total. The lowest BCUT2D eigenvalue weighted by molar-refractivity contribution is -0.146. The summed E-state index contributed by atoms with van der Waals surface area (Å²) in [6.45, 7) is 1.57. The molecule has 0 saturated carbocycles. The van der Waals surface area contributed by atoms with Crippen molar-refractivity contribution in [3.63, 3.8) is 0 Å². The van der Waals surface area contributed by atoms with Gasteiger partial charge in [-0.15, -0.1) is 0 Å². The molecule has 3 fully saturated rings. The first-order valence-corrected chi connectivity index (χ1v) is 9.43. The molecule has 4 aliphatic rings. The molecular weight excluding hydrogens is 365 g/mol. The van der Waals surface area contributed by atoms with Crippen molar-refractivity contribution in [3.05, 3.63) is 47.8 Å². The maximum Gasteiger partial charge on any atom is 0.239 e. The molecular formula is C20H20FN3O4. The second kappa shape index (κ2) is 6.13. The summed E-state index contributed by atoms with van der Waals surface area (Å²) in [5.41, 5.74) is 0.0281. The number of rotatable bonds is 3. The Bertz CT molecular complexity index is 886. The van der Waals surface area contributed by atoms with E-state index in [0.717, 1.165) is 5.56 Å². The Kier molecular flexibility index (Phi) is 3.80. The lowest BCUT2D eigenvalue weighted by atomic mass is 9.76. The maximum absolute atomic E-state index is 13.2. The fourth-order valence-corrected chi connectivity index (χ4v) is 4.84. The molecule has 2 bridgehead atoms. The van der Waals surface area contributed by atoms with Gasteiger partial charge in [0.2, 0.25) is 17.7 Å². The number of piperazine rings is 1. The first-order chi connectivity index (χ1) is 13.5. The zero-order valence-corrected chi connectivity index (χ0v) is 15.1. The van der Waals surface area contributed by atoms with Gasteiger partial charge < -0.3 is 19.9 Å². The fourth-order valence-electron chi connectivity index (χ4n) is 4.84. The monoisotopic (exact) mass is 385 g/mol. The Hall–Kier alpha value is -2.74. The quantitative estimate of drug-likeness (QED) is 0.747. The van der Waals surface area contributed by atoms with Crippen molar-refractivity contribution in [2.45, 2.75) is 18.2 Å². The van der Waals surface area contributed by atoms with E-state index in [0.29, 0.717) is 26.2 Å². The van der Waals surface area contributed by atoms with E-state index in [1.165, 1.54) is 17.0 Å². The van der Waals surface area contributed by atoms with Gasteiger partial charge in [-0.25, -0.2) is 4.39 Å². The zero-order chi connectivity index (χ0) is 19.5. The Labute approximate surface area is 161 Å². The molecule has 1 aromatic carbocycles. The van der Waals surface area contributed by atoms with Gasteiger partial charge in [0.15, 0.2) is 0 Å². The summed E-state index contributed by atoms with van der Waals surface area (Å²) < 4.78 is 19.3. The molecule has 0 radical (unpaired) electrons. The number of halogens is 1. The van der Waals surface area contributed by atoms with E-state index in [-0.39, 0.29) is 30.1 Å². The Morgan fingerprint density at radius 2 is 2.07 bits per heavy atom. The van der Waals surface area contributed by atoms with Gasteiger partial charge >= 0.3 is 0 Å². The van der Waals surface area contributed by atoms with Gasteiger partial charge in [-0.05, 0) is 17.7 Å². The summed E-state index contributed by atoms with van der Waals surface area (Å²) in [4.78, 5) is 41.2. The molecule has 0 aliphatic carbocycles. The van der Waals surface area contributed by atoms with Crippen molar-refractivity contribution in [1.29, 1.82) is 0 Å². The molecule has 1 spiro atoms. The van der Waals surface area contributed by atoms with Gasteiger partial charge in [-0.3, -0.25) is 14.4 Å². The predicted molar refractivity (Wildman–Crippen MR) is 95.1 cm³/mol. The van der Waals surface area contributed by atoms with Crippen LogP contribution < -0.4 is 5.32 Å². The van der Waals surface area contributed by atoms with E-state index < -0.39 is 23.5 Å². The third-order valence-electron chi connectivity index (χ3n) is 6.10. The van der Waals surface area contributed by atoms with Crippen LogP contribution in [0.15, 0.2) is 36.4 Å². The van der Waals surface area contributed by atoms with Crippen LogP contribution in [-0.2, 0) is 25.7 Å². The third kappa shape index (κ3) is 2.55. The van der Waals surface area contributed by atoms with Crippen molar-refractivity contribution in [3.8, 4) is 0 Å². The Morgan fingerprint density at radius 3 is 2.82 bits per heavy atom. The topological polar surface area (TPSA) is 79.0 Å². The summed E-state index contributed by atoms with van der Waals surface area (Å²) in [5.74, 6) is -2.04. The van der Waals surface area contributed by atoms with Crippen LogP contribution in [-0.4, -0.2) is 65.4 Å². The van der Waals surface area contributed by atoms with Gasteiger partial charge in [0.25, 0.3) is 0 Å². The van der Waals surface area contributed by atoms with Crippen LogP contribution in [0, 0.1) is 17.7 Å². The van der Waals surface area contributed by atoms with Crippen LogP contribution in [0.3, 0.4) is 0 Å². The van der Waals surface area contributed by atoms with Gasteiger partial charge in [0.05, 0.1) is 31.0 Å². The lowest BCUT2D eigenvalue weighted by Crippen LogP contribution is -2.54. The number of carbonyl (C=O) groups excluding carboxylic acids is 3. The van der Waals surface area contributed by atoms with E-state index >= 15 is 0 Å². The van der Waals surface area contributed by atoms with Gasteiger partial charge in [-0.1, -0.05) is 24.3 Å². The molecule has 146 valence electrons. The highest BCUT2D eigenvalue weighted by Gasteiger charge is 2.67. The molecule has 0 aromatic heterocycles. The van der Waals surface area contributed by atoms with Crippen LogP contribution >= 0.6 is 0 Å². The Balaban J connectivity index is 1.38. The molecule has 3 saturated heterocycles. The predicted octanol–water partition coefficient (Wildman–Crippen LogP) is 0.0661. The average Bonchev–Trinajstić information content (AvgIpc) is 3.31. The second-order valence-electron chi connectivity index (χ2n) is 7.83. The van der Waals surface area contributed by atoms with E-state index in [2.05, 4.69) is 5.32 Å². The van der Waals surface area contributed by atoms with Crippen LogP contribution in [0.4, 0.5) is 4.39 Å². The highest BCUT2D eigenvalue weighted by molar-refractivity contribution is 5.94. The van der Waals surface area contributed by atoms with Crippen molar-refractivity contribution in [1.82, 2.24) is 15.1 Å². The maximum atomic E-state index is 13.2. The summed E-state index contributed by atoms with van der Waals surface area (Å²) in [6, 6.07) is 6.03. The molecule has 3 amide bonds. The molecule has 4 heterocycles. The molecule has 5 rings (SSSR count). The first kappa shape index (κ1) is 17.4. The highest BCUT2D eigenvalue weighted by atomic mass is 19.1. The van der Waals surface area contributed by atoms with Crippen LogP contribution in [0.1, 0.15) is 5.56 Å². The van der Waals surface area contributed by atoms with Gasteiger partial charge in [0.1, 0.15) is 11.4 Å². The summed E-state index contributed by atoms with van der Waals surface area (Å²) in [5, 5.41) is 2.70. The molecule has 0 unspecified atom stereocenters. The van der Waals surface area contributed by atoms with Crippen molar-refractivity contribution in [2.24, 2.45) is 11.8 Å². The Morgan fingerprint density at radius 1 is 1.29 bits per heavy atom.